The summed E-state index contributed by atoms with van der Waals surface area (Å²) in [5.74, 6) is -0.601. The van der Waals surface area contributed by atoms with Crippen LogP contribution in [0.25, 0.3) is 11.4 Å². The van der Waals surface area contributed by atoms with E-state index in [0.717, 1.165) is 0 Å². The van der Waals surface area contributed by atoms with E-state index >= 15 is 0 Å². The van der Waals surface area contributed by atoms with E-state index in [1.165, 1.54) is 24.3 Å². The summed E-state index contributed by atoms with van der Waals surface area (Å²) in [5.41, 5.74) is 6.25. The summed E-state index contributed by atoms with van der Waals surface area (Å²) in [6.45, 7) is 1.84. The van der Waals surface area contributed by atoms with Crippen LogP contribution < -0.4 is 11.3 Å². The molecule has 1 heterocycles. The van der Waals surface area contributed by atoms with Crippen LogP contribution in [0.5, 0.6) is 0 Å². The highest BCUT2D eigenvalue weighted by molar-refractivity contribution is 5.95. The molecule has 0 aliphatic carbocycles. The molecule has 1 amide bonds. The van der Waals surface area contributed by atoms with E-state index in [9.17, 15) is 14.5 Å². The Hall–Kier alpha value is -2.74. The number of H-pyrrole nitrogens is 1. The van der Waals surface area contributed by atoms with Gasteiger partial charge < -0.3 is 10.7 Å². The minimum atomic E-state index is -0.856. The summed E-state index contributed by atoms with van der Waals surface area (Å²) in [6, 6.07) is 5.46. The Kier molecular flexibility index (Phi) is 4.29. The second-order valence-corrected chi connectivity index (χ2v) is 4.38. The number of hydrogen-bond donors (Lipinski definition) is 2. The Morgan fingerprint density at radius 2 is 2.00 bits per heavy atom. The molecule has 1 aromatic carbocycles. The van der Waals surface area contributed by atoms with E-state index in [0.29, 0.717) is 12.0 Å². The molecule has 0 spiro atoms. The molecule has 0 bridgehead atoms. The van der Waals surface area contributed by atoms with Crippen molar-refractivity contribution in [3.05, 3.63) is 50.8 Å². The number of aromatic amines is 1. The first-order chi connectivity index (χ1) is 10.1. The van der Waals surface area contributed by atoms with E-state index in [2.05, 4.69) is 20.4 Å². The molecule has 2 aromatic rings. The fraction of sp³-hybridized carbons (Fsp3) is 0.231. The standard InChI is InChI=1S/C13H13N5O3/c1-2-9(14)10-13(20)15-11(17-16-10)7-3-5-8(6-4-7)12(19)18-21/h3-6,9H,2,14H2,1H3,(H,15,17,20). The zero-order valence-corrected chi connectivity index (χ0v) is 11.2. The van der Waals surface area contributed by atoms with Crippen LogP contribution in [0.15, 0.2) is 34.2 Å². The minimum absolute atomic E-state index is 0.161. The van der Waals surface area contributed by atoms with Gasteiger partial charge >= 0.3 is 5.91 Å². The number of hydrogen-bond acceptors (Lipinski definition) is 6. The lowest BCUT2D eigenvalue weighted by atomic mass is 10.1. The van der Waals surface area contributed by atoms with Gasteiger partial charge in [0.15, 0.2) is 5.82 Å². The quantitative estimate of drug-likeness (QED) is 0.811. The van der Waals surface area contributed by atoms with Crippen LogP contribution in [0.3, 0.4) is 0 Å². The number of nitrogens with two attached hydrogens (primary N) is 1. The largest absolute Gasteiger partial charge is 0.322 e. The molecule has 0 aliphatic rings. The summed E-state index contributed by atoms with van der Waals surface area (Å²) >= 11 is 0. The smallest absolute Gasteiger partial charge is 0.316 e. The number of aromatic nitrogens is 3. The zero-order valence-electron chi connectivity index (χ0n) is 11.2. The highest BCUT2D eigenvalue weighted by atomic mass is 16.3. The fourth-order valence-electron chi connectivity index (χ4n) is 1.74. The predicted octanol–water partition coefficient (Wildman–Crippen LogP) is 1.15. The molecule has 0 aliphatic heterocycles. The van der Waals surface area contributed by atoms with Gasteiger partial charge in [0.2, 0.25) is 0 Å². The fourth-order valence-corrected chi connectivity index (χ4v) is 1.74. The van der Waals surface area contributed by atoms with Crippen LogP contribution >= 0.6 is 0 Å². The number of carbonyl (C=O) groups is 1. The van der Waals surface area contributed by atoms with Crippen molar-refractivity contribution < 1.29 is 4.79 Å². The maximum absolute atomic E-state index is 11.9. The van der Waals surface area contributed by atoms with Gasteiger partial charge in [-0.2, -0.15) is 0 Å². The molecule has 8 nitrogen and oxygen atoms in total. The summed E-state index contributed by atoms with van der Waals surface area (Å²) in [7, 11) is 0. The molecule has 0 saturated heterocycles. The van der Waals surface area contributed by atoms with Crippen molar-refractivity contribution in [2.75, 3.05) is 0 Å². The molecule has 8 heteroatoms. The van der Waals surface area contributed by atoms with Gasteiger partial charge in [0.25, 0.3) is 5.56 Å². The normalized spacial score (nSPS) is 11.9. The molecule has 0 saturated carbocycles. The molecular formula is C13H13N5O3. The molecule has 21 heavy (non-hydrogen) atoms. The van der Waals surface area contributed by atoms with Crippen molar-refractivity contribution in [1.29, 1.82) is 0 Å². The molecule has 1 aromatic heterocycles. The van der Waals surface area contributed by atoms with E-state index in [1.807, 2.05) is 6.92 Å². The Morgan fingerprint density at radius 3 is 2.52 bits per heavy atom. The summed E-state index contributed by atoms with van der Waals surface area (Å²) in [5, 5.41) is 10.1. The number of amides is 1. The SMILES string of the molecule is CCC(N)c1nnc(-c2ccc(C(=O)N=O)cc2)[nH]c1=O. The first-order valence-electron chi connectivity index (χ1n) is 6.27. The summed E-state index contributed by atoms with van der Waals surface area (Å²) in [4.78, 5) is 35.7. The maximum atomic E-state index is 11.9. The average molecular weight is 287 g/mol. The van der Waals surface area contributed by atoms with Crippen molar-refractivity contribution in [2.45, 2.75) is 19.4 Å². The lowest BCUT2D eigenvalue weighted by Gasteiger charge is -2.07. The van der Waals surface area contributed by atoms with Crippen molar-refractivity contribution in [3.63, 3.8) is 0 Å². The van der Waals surface area contributed by atoms with Gasteiger partial charge in [-0.1, -0.05) is 19.1 Å². The first-order valence-corrected chi connectivity index (χ1v) is 6.27. The molecule has 2 rings (SSSR count). The Bertz CT molecular complexity index is 723. The molecule has 3 N–H and O–H groups in total. The topological polar surface area (TPSA) is 131 Å². The molecular weight excluding hydrogens is 274 g/mol. The van der Waals surface area contributed by atoms with Crippen LogP contribution in [0, 0.1) is 4.91 Å². The Balaban J connectivity index is 2.35. The van der Waals surface area contributed by atoms with Gasteiger partial charge in [-0.25, -0.2) is 0 Å². The lowest BCUT2D eigenvalue weighted by molar-refractivity contribution is 0.100. The monoisotopic (exact) mass is 287 g/mol. The van der Waals surface area contributed by atoms with Crippen molar-refractivity contribution in [3.8, 4) is 11.4 Å². The Labute approximate surface area is 119 Å². The number of nitrogens with one attached hydrogen (secondary N) is 1. The Morgan fingerprint density at radius 1 is 1.33 bits per heavy atom. The van der Waals surface area contributed by atoms with Crippen LogP contribution in [0.2, 0.25) is 0 Å². The van der Waals surface area contributed by atoms with Gasteiger partial charge in [0.1, 0.15) is 5.69 Å². The maximum Gasteiger partial charge on any atom is 0.316 e. The molecule has 0 radical (unpaired) electrons. The van der Waals surface area contributed by atoms with E-state index in [-0.39, 0.29) is 17.1 Å². The van der Waals surface area contributed by atoms with Gasteiger partial charge in [-0.15, -0.1) is 15.1 Å². The van der Waals surface area contributed by atoms with Crippen LogP contribution in [0.4, 0.5) is 0 Å². The predicted molar refractivity (Wildman–Crippen MR) is 75.4 cm³/mol. The van der Waals surface area contributed by atoms with Crippen LogP contribution in [-0.2, 0) is 0 Å². The number of nitrogens with zero attached hydrogens (tertiary/aromatic N) is 3. The second kappa shape index (κ2) is 6.14. The third-order valence-corrected chi connectivity index (χ3v) is 3.00. The third-order valence-electron chi connectivity index (χ3n) is 3.00. The van der Waals surface area contributed by atoms with Gasteiger partial charge in [-0.3, -0.25) is 9.59 Å². The summed E-state index contributed by atoms with van der Waals surface area (Å²) in [6.07, 6.45) is 0.576. The van der Waals surface area contributed by atoms with Crippen LogP contribution in [-0.4, -0.2) is 21.1 Å². The number of nitroso groups, excluding NO2 is 1. The molecule has 108 valence electrons. The first kappa shape index (κ1) is 14.7. The number of carbonyl (C=O) groups excluding carboxylic acids is 1. The molecule has 1 atom stereocenters. The van der Waals surface area contributed by atoms with E-state index < -0.39 is 17.5 Å². The summed E-state index contributed by atoms with van der Waals surface area (Å²) < 4.78 is 0. The van der Waals surface area contributed by atoms with Gasteiger partial charge in [-0.05, 0) is 18.6 Å². The van der Waals surface area contributed by atoms with Gasteiger partial charge in [0.05, 0.1) is 6.04 Å². The third kappa shape index (κ3) is 3.06. The zero-order chi connectivity index (χ0) is 15.4. The van der Waals surface area contributed by atoms with Gasteiger partial charge in [0, 0.05) is 16.3 Å². The molecule has 1 unspecified atom stereocenters. The van der Waals surface area contributed by atoms with Crippen molar-refractivity contribution in [1.82, 2.24) is 15.2 Å². The highest BCUT2D eigenvalue weighted by Crippen LogP contribution is 2.15. The molecule has 0 fully saturated rings. The van der Waals surface area contributed by atoms with E-state index in [1.54, 1.807) is 0 Å². The van der Waals surface area contributed by atoms with Crippen molar-refractivity contribution in [2.24, 2.45) is 10.9 Å². The highest BCUT2D eigenvalue weighted by Gasteiger charge is 2.13. The lowest BCUT2D eigenvalue weighted by Crippen LogP contribution is -2.24. The number of benzene rings is 1. The minimum Gasteiger partial charge on any atom is -0.322 e. The second-order valence-electron chi connectivity index (χ2n) is 4.38. The number of rotatable bonds is 4. The average Bonchev–Trinajstić information content (AvgIpc) is 2.53. The van der Waals surface area contributed by atoms with E-state index in [4.69, 9.17) is 5.73 Å². The van der Waals surface area contributed by atoms with Crippen LogP contribution in [0.1, 0.15) is 35.4 Å². The van der Waals surface area contributed by atoms with Crippen molar-refractivity contribution >= 4 is 5.91 Å².